The molecule has 1 aliphatic rings. The van der Waals surface area contributed by atoms with Gasteiger partial charge in [-0.25, -0.2) is 4.79 Å². The van der Waals surface area contributed by atoms with E-state index in [0.717, 1.165) is 10.9 Å². The summed E-state index contributed by atoms with van der Waals surface area (Å²) in [5.74, 6) is 0.372. The number of ether oxygens (including phenoxy) is 1. The lowest BCUT2D eigenvalue weighted by atomic mass is 10.0. The number of nitrogens with one attached hydrogen (secondary N) is 1. The minimum absolute atomic E-state index is 0.0230. The van der Waals surface area contributed by atoms with E-state index in [4.69, 9.17) is 9.15 Å². The van der Waals surface area contributed by atoms with Crippen LogP contribution < -0.4 is 5.32 Å². The van der Waals surface area contributed by atoms with Crippen LogP contribution in [-0.4, -0.2) is 29.8 Å². The third kappa shape index (κ3) is 5.78. The van der Waals surface area contributed by atoms with Gasteiger partial charge in [0.2, 0.25) is 5.76 Å². The van der Waals surface area contributed by atoms with Gasteiger partial charge in [-0.3, -0.25) is 4.79 Å². The second-order valence-corrected chi connectivity index (χ2v) is 9.44. The summed E-state index contributed by atoms with van der Waals surface area (Å²) in [6.07, 6.45) is 6.34. The van der Waals surface area contributed by atoms with E-state index in [1.54, 1.807) is 0 Å². The molecule has 1 saturated carbocycles. The zero-order chi connectivity index (χ0) is 20.8. The van der Waals surface area contributed by atoms with Gasteiger partial charge in [0.15, 0.2) is 6.61 Å². The molecule has 1 fully saturated rings. The molecule has 1 aromatic carbocycles. The summed E-state index contributed by atoms with van der Waals surface area (Å²) in [5, 5.41) is 4.42. The van der Waals surface area contributed by atoms with Gasteiger partial charge < -0.3 is 14.5 Å². The summed E-state index contributed by atoms with van der Waals surface area (Å²) in [6, 6.07) is 7.69. The second kappa shape index (κ2) is 10.2. The average Bonchev–Trinajstić information content (AvgIpc) is 3.10. The number of hydrogen-bond donors (Lipinski definition) is 1. The standard InChI is InChI=1S/C23H31NO4S/c1-15(2)16(3)24-21(25)13-27-23(26)22-19(14-29-17-9-5-4-6-10-17)18-11-7-8-12-20(18)28-22/h7-8,11-12,15-17H,4-6,9-10,13-14H2,1-3H3,(H,24,25)/t16-/m1/s1. The molecular formula is C23H31NO4S. The van der Waals surface area contributed by atoms with Crippen LogP contribution in [0.25, 0.3) is 11.0 Å². The molecular weight excluding hydrogens is 386 g/mol. The van der Waals surface area contributed by atoms with Gasteiger partial charge in [0, 0.05) is 28.0 Å². The highest BCUT2D eigenvalue weighted by molar-refractivity contribution is 7.99. The maximum atomic E-state index is 12.7. The number of rotatable bonds is 8. The fourth-order valence-electron chi connectivity index (χ4n) is 3.50. The predicted molar refractivity (Wildman–Crippen MR) is 117 cm³/mol. The Morgan fingerprint density at radius 3 is 2.62 bits per heavy atom. The van der Waals surface area contributed by atoms with E-state index in [0.29, 0.717) is 22.5 Å². The van der Waals surface area contributed by atoms with Gasteiger partial charge in [0.1, 0.15) is 5.58 Å². The Labute approximate surface area is 176 Å². The molecule has 0 aliphatic heterocycles. The van der Waals surface area contributed by atoms with Gasteiger partial charge in [0.05, 0.1) is 0 Å². The highest BCUT2D eigenvalue weighted by Gasteiger charge is 2.24. The van der Waals surface area contributed by atoms with Crippen molar-refractivity contribution in [2.75, 3.05) is 6.61 Å². The molecule has 1 atom stereocenters. The molecule has 0 bridgehead atoms. The van der Waals surface area contributed by atoms with Crippen LogP contribution in [-0.2, 0) is 15.3 Å². The molecule has 1 amide bonds. The first kappa shape index (κ1) is 21.8. The minimum Gasteiger partial charge on any atom is -0.450 e. The first-order chi connectivity index (χ1) is 14.0. The van der Waals surface area contributed by atoms with Crippen LogP contribution in [0, 0.1) is 5.92 Å². The molecule has 1 N–H and O–H groups in total. The van der Waals surface area contributed by atoms with Crippen LogP contribution in [0.15, 0.2) is 28.7 Å². The zero-order valence-electron chi connectivity index (χ0n) is 17.5. The topological polar surface area (TPSA) is 68.5 Å². The van der Waals surface area contributed by atoms with Crippen molar-refractivity contribution in [1.29, 1.82) is 0 Å². The molecule has 2 aromatic rings. The van der Waals surface area contributed by atoms with E-state index in [2.05, 4.69) is 5.32 Å². The van der Waals surface area contributed by atoms with E-state index >= 15 is 0 Å². The number of thioether (sulfide) groups is 1. The Balaban J connectivity index is 1.68. The number of hydrogen-bond acceptors (Lipinski definition) is 5. The van der Waals surface area contributed by atoms with Gasteiger partial charge in [-0.15, -0.1) is 0 Å². The summed E-state index contributed by atoms with van der Waals surface area (Å²) >= 11 is 1.89. The Hall–Kier alpha value is -1.95. The molecule has 5 nitrogen and oxygen atoms in total. The molecule has 6 heteroatoms. The summed E-state index contributed by atoms with van der Waals surface area (Å²) in [6.45, 7) is 5.69. The van der Waals surface area contributed by atoms with Gasteiger partial charge in [-0.05, 0) is 31.7 Å². The lowest BCUT2D eigenvalue weighted by molar-refractivity contribution is -0.125. The molecule has 0 saturated heterocycles. The summed E-state index contributed by atoms with van der Waals surface area (Å²) in [5.41, 5.74) is 1.55. The molecule has 1 heterocycles. The first-order valence-corrected chi connectivity index (χ1v) is 11.6. The van der Waals surface area contributed by atoms with Crippen molar-refractivity contribution in [2.24, 2.45) is 5.92 Å². The van der Waals surface area contributed by atoms with Crippen LogP contribution >= 0.6 is 11.8 Å². The van der Waals surface area contributed by atoms with Crippen LogP contribution in [0.5, 0.6) is 0 Å². The number of fused-ring (bicyclic) bond motifs is 1. The number of furan rings is 1. The van der Waals surface area contributed by atoms with Gasteiger partial charge in [-0.2, -0.15) is 11.8 Å². The fraction of sp³-hybridized carbons (Fsp3) is 0.565. The predicted octanol–water partition coefficient (Wildman–Crippen LogP) is 5.32. The number of carbonyl (C=O) groups excluding carboxylic acids is 2. The number of amides is 1. The molecule has 29 heavy (non-hydrogen) atoms. The van der Waals surface area contributed by atoms with Crippen molar-refractivity contribution in [3.05, 3.63) is 35.6 Å². The van der Waals surface area contributed by atoms with E-state index in [1.165, 1.54) is 32.1 Å². The van der Waals surface area contributed by atoms with Crippen LogP contribution in [0.3, 0.4) is 0 Å². The molecule has 0 unspecified atom stereocenters. The largest absolute Gasteiger partial charge is 0.450 e. The number of benzene rings is 1. The fourth-order valence-corrected chi connectivity index (χ4v) is 4.85. The maximum Gasteiger partial charge on any atom is 0.375 e. The first-order valence-electron chi connectivity index (χ1n) is 10.5. The second-order valence-electron chi connectivity index (χ2n) is 8.15. The molecule has 1 aliphatic carbocycles. The zero-order valence-corrected chi connectivity index (χ0v) is 18.3. The van der Waals surface area contributed by atoms with Gasteiger partial charge >= 0.3 is 5.97 Å². The van der Waals surface area contributed by atoms with Crippen molar-refractivity contribution in [2.45, 2.75) is 69.9 Å². The number of esters is 1. The molecule has 0 radical (unpaired) electrons. The Morgan fingerprint density at radius 1 is 1.17 bits per heavy atom. The average molecular weight is 418 g/mol. The van der Waals surface area contributed by atoms with Crippen molar-refractivity contribution >= 4 is 34.6 Å². The third-order valence-corrected chi connectivity index (χ3v) is 7.02. The van der Waals surface area contributed by atoms with Crippen LogP contribution in [0.4, 0.5) is 0 Å². The molecule has 0 spiro atoms. The summed E-state index contributed by atoms with van der Waals surface area (Å²) in [7, 11) is 0. The lowest BCUT2D eigenvalue weighted by Crippen LogP contribution is -2.38. The Bertz CT molecular complexity index is 839. The normalized spacial score (nSPS) is 16.1. The summed E-state index contributed by atoms with van der Waals surface area (Å²) < 4.78 is 11.1. The lowest BCUT2D eigenvalue weighted by Gasteiger charge is -2.20. The monoisotopic (exact) mass is 417 g/mol. The number of carbonyl (C=O) groups is 2. The Morgan fingerprint density at radius 2 is 1.90 bits per heavy atom. The maximum absolute atomic E-state index is 12.7. The summed E-state index contributed by atoms with van der Waals surface area (Å²) in [4.78, 5) is 24.8. The highest BCUT2D eigenvalue weighted by Crippen LogP contribution is 2.35. The Kier molecular flexibility index (Phi) is 7.64. The van der Waals surface area contributed by atoms with Gasteiger partial charge in [0.25, 0.3) is 5.91 Å². The van der Waals surface area contributed by atoms with E-state index in [-0.39, 0.29) is 24.3 Å². The minimum atomic E-state index is -0.576. The van der Waals surface area contributed by atoms with Crippen molar-refractivity contribution in [1.82, 2.24) is 5.32 Å². The number of para-hydroxylation sites is 1. The van der Waals surface area contributed by atoms with E-state index in [1.807, 2.05) is 56.8 Å². The molecule has 158 valence electrons. The van der Waals surface area contributed by atoms with Crippen molar-refractivity contribution in [3.8, 4) is 0 Å². The van der Waals surface area contributed by atoms with Gasteiger partial charge in [-0.1, -0.05) is 51.3 Å². The van der Waals surface area contributed by atoms with Crippen molar-refractivity contribution < 1.29 is 18.7 Å². The molecule has 1 aromatic heterocycles. The van der Waals surface area contributed by atoms with E-state index < -0.39 is 5.97 Å². The molecule has 3 rings (SSSR count). The smallest absolute Gasteiger partial charge is 0.375 e. The third-order valence-electron chi connectivity index (χ3n) is 5.62. The van der Waals surface area contributed by atoms with Crippen LogP contribution in [0.2, 0.25) is 0 Å². The van der Waals surface area contributed by atoms with Crippen molar-refractivity contribution in [3.63, 3.8) is 0 Å². The SMILES string of the molecule is CC(C)[C@@H](C)NC(=O)COC(=O)c1oc2ccccc2c1CSC1CCCCC1. The van der Waals surface area contributed by atoms with Crippen LogP contribution in [0.1, 0.15) is 69.0 Å². The van der Waals surface area contributed by atoms with E-state index in [9.17, 15) is 9.59 Å². The highest BCUT2D eigenvalue weighted by atomic mass is 32.2. The quantitative estimate of drug-likeness (QED) is 0.589.